The second-order valence-electron chi connectivity index (χ2n) is 8.20. The summed E-state index contributed by atoms with van der Waals surface area (Å²) >= 11 is 0. The number of hydrogen-bond donors (Lipinski definition) is 1. The lowest BCUT2D eigenvalue weighted by molar-refractivity contribution is -0.168. The topological polar surface area (TPSA) is 49.8 Å². The lowest BCUT2D eigenvalue weighted by Crippen LogP contribution is -2.42. The van der Waals surface area contributed by atoms with Gasteiger partial charge in [0.1, 0.15) is 6.61 Å². The molecule has 1 atom stereocenters. The largest absolute Gasteiger partial charge is 0.462 e. The van der Waals surface area contributed by atoms with Gasteiger partial charge in [0, 0.05) is 12.1 Å². The van der Waals surface area contributed by atoms with Gasteiger partial charge in [-0.15, -0.1) is 0 Å². The standard InChI is InChI=1S/C21H33NO3/c1-17(2)11-13-21(24,18-9-6-5-7-10-18)19(23)25-16-15-22-14-8-12-20(22,3)4/h5-7,9-10,17,24H,8,11-16H2,1-4H3. The van der Waals surface area contributed by atoms with Crippen molar-refractivity contribution < 1.29 is 14.6 Å². The van der Waals surface area contributed by atoms with Gasteiger partial charge in [-0.05, 0) is 57.6 Å². The molecular weight excluding hydrogens is 314 g/mol. The number of carbonyl (C=O) groups excluding carboxylic acids is 1. The Morgan fingerprint density at radius 1 is 1.32 bits per heavy atom. The summed E-state index contributed by atoms with van der Waals surface area (Å²) in [4.78, 5) is 15.1. The Kier molecular flexibility index (Phi) is 6.64. The molecule has 0 saturated carbocycles. The van der Waals surface area contributed by atoms with E-state index < -0.39 is 11.6 Å². The van der Waals surface area contributed by atoms with Gasteiger partial charge in [-0.1, -0.05) is 44.2 Å². The van der Waals surface area contributed by atoms with E-state index in [1.165, 1.54) is 12.8 Å². The van der Waals surface area contributed by atoms with E-state index in [1.807, 2.05) is 18.2 Å². The van der Waals surface area contributed by atoms with Gasteiger partial charge in [-0.3, -0.25) is 4.90 Å². The second-order valence-corrected chi connectivity index (χ2v) is 8.20. The number of ether oxygens (including phenoxy) is 1. The summed E-state index contributed by atoms with van der Waals surface area (Å²) in [5.74, 6) is -0.121. The number of aliphatic hydroxyl groups is 1. The average Bonchev–Trinajstić information content (AvgIpc) is 2.92. The van der Waals surface area contributed by atoms with Crippen LogP contribution in [0.4, 0.5) is 0 Å². The third-order valence-corrected chi connectivity index (χ3v) is 5.34. The van der Waals surface area contributed by atoms with Crippen LogP contribution < -0.4 is 0 Å². The first-order chi connectivity index (χ1) is 11.8. The first kappa shape index (κ1) is 19.9. The number of likely N-dealkylation sites (tertiary alicyclic amines) is 1. The number of rotatable bonds is 8. The molecule has 1 aromatic rings. The van der Waals surface area contributed by atoms with Gasteiger partial charge < -0.3 is 9.84 Å². The van der Waals surface area contributed by atoms with Crippen molar-refractivity contribution in [3.05, 3.63) is 35.9 Å². The molecule has 4 heteroatoms. The van der Waals surface area contributed by atoms with Crippen LogP contribution in [0.1, 0.15) is 58.9 Å². The summed E-state index contributed by atoms with van der Waals surface area (Å²) in [5, 5.41) is 11.1. The van der Waals surface area contributed by atoms with E-state index >= 15 is 0 Å². The predicted molar refractivity (Wildman–Crippen MR) is 100 cm³/mol. The maximum Gasteiger partial charge on any atom is 0.342 e. The fraction of sp³-hybridized carbons (Fsp3) is 0.667. The molecule has 1 heterocycles. The highest BCUT2D eigenvalue weighted by atomic mass is 16.5. The molecule has 0 bridgehead atoms. The third-order valence-electron chi connectivity index (χ3n) is 5.34. The molecule has 25 heavy (non-hydrogen) atoms. The molecule has 4 nitrogen and oxygen atoms in total. The molecule has 1 unspecified atom stereocenters. The van der Waals surface area contributed by atoms with Crippen LogP contribution in [0.15, 0.2) is 30.3 Å². The quantitative estimate of drug-likeness (QED) is 0.728. The average molecular weight is 347 g/mol. The van der Waals surface area contributed by atoms with E-state index in [4.69, 9.17) is 4.74 Å². The van der Waals surface area contributed by atoms with Gasteiger partial charge in [-0.25, -0.2) is 4.79 Å². The Hall–Kier alpha value is -1.39. The zero-order valence-electron chi connectivity index (χ0n) is 16.1. The van der Waals surface area contributed by atoms with Crippen LogP contribution in [-0.2, 0) is 15.1 Å². The van der Waals surface area contributed by atoms with Crippen LogP contribution in [0.2, 0.25) is 0 Å². The normalized spacial score (nSPS) is 19.8. The molecule has 1 N–H and O–H groups in total. The Balaban J connectivity index is 2.00. The monoisotopic (exact) mass is 347 g/mol. The molecule has 1 fully saturated rings. The van der Waals surface area contributed by atoms with Crippen LogP contribution in [0.5, 0.6) is 0 Å². The summed E-state index contributed by atoms with van der Waals surface area (Å²) < 4.78 is 5.52. The van der Waals surface area contributed by atoms with Crippen LogP contribution in [0, 0.1) is 5.92 Å². The van der Waals surface area contributed by atoms with Gasteiger partial charge in [-0.2, -0.15) is 0 Å². The van der Waals surface area contributed by atoms with E-state index in [1.54, 1.807) is 12.1 Å². The van der Waals surface area contributed by atoms with Gasteiger partial charge in [0.25, 0.3) is 0 Å². The minimum atomic E-state index is -1.56. The smallest absolute Gasteiger partial charge is 0.342 e. The van der Waals surface area contributed by atoms with Crippen molar-refractivity contribution >= 4 is 5.97 Å². The predicted octanol–water partition coefficient (Wildman–Crippen LogP) is 3.73. The second kappa shape index (κ2) is 8.33. The molecule has 2 rings (SSSR count). The van der Waals surface area contributed by atoms with Crippen LogP contribution in [0.25, 0.3) is 0 Å². The lowest BCUT2D eigenvalue weighted by Gasteiger charge is -2.32. The first-order valence-corrected chi connectivity index (χ1v) is 9.46. The van der Waals surface area contributed by atoms with E-state index in [-0.39, 0.29) is 5.54 Å². The molecule has 1 aliphatic heterocycles. The Bertz CT molecular complexity index is 556. The minimum absolute atomic E-state index is 0.166. The SMILES string of the molecule is CC(C)CCC(O)(C(=O)OCCN1CCCC1(C)C)c1ccccc1. The number of esters is 1. The Morgan fingerprint density at radius 2 is 2.00 bits per heavy atom. The molecule has 1 aliphatic rings. The van der Waals surface area contributed by atoms with E-state index in [9.17, 15) is 9.90 Å². The zero-order chi connectivity index (χ0) is 18.5. The highest BCUT2D eigenvalue weighted by molar-refractivity contribution is 5.81. The van der Waals surface area contributed by atoms with Crippen molar-refractivity contribution in [2.45, 2.75) is 64.5 Å². The molecule has 1 saturated heterocycles. The van der Waals surface area contributed by atoms with Crippen molar-refractivity contribution in [3.63, 3.8) is 0 Å². The Labute approximate surface area is 152 Å². The van der Waals surface area contributed by atoms with Crippen LogP contribution in [-0.4, -0.2) is 41.2 Å². The van der Waals surface area contributed by atoms with Crippen molar-refractivity contribution in [2.75, 3.05) is 19.7 Å². The van der Waals surface area contributed by atoms with Crippen LogP contribution >= 0.6 is 0 Å². The van der Waals surface area contributed by atoms with Gasteiger partial charge in [0.05, 0.1) is 0 Å². The molecular formula is C21H33NO3. The summed E-state index contributed by atoms with van der Waals surface area (Å²) in [5.41, 5.74) is -0.784. The van der Waals surface area contributed by atoms with Gasteiger partial charge in [0.15, 0.2) is 5.60 Å². The highest BCUT2D eigenvalue weighted by Gasteiger charge is 2.39. The lowest BCUT2D eigenvalue weighted by atomic mass is 9.87. The summed E-state index contributed by atoms with van der Waals surface area (Å²) in [7, 11) is 0. The molecule has 0 aliphatic carbocycles. The van der Waals surface area contributed by atoms with E-state index in [0.29, 0.717) is 31.1 Å². The van der Waals surface area contributed by atoms with Crippen molar-refractivity contribution in [1.29, 1.82) is 0 Å². The first-order valence-electron chi connectivity index (χ1n) is 9.46. The molecule has 0 spiro atoms. The molecule has 1 aromatic carbocycles. The van der Waals surface area contributed by atoms with E-state index in [0.717, 1.165) is 13.0 Å². The number of nitrogens with zero attached hydrogens (tertiary/aromatic N) is 1. The highest BCUT2D eigenvalue weighted by Crippen LogP contribution is 2.30. The number of hydrogen-bond acceptors (Lipinski definition) is 4. The summed E-state index contributed by atoms with van der Waals surface area (Å²) in [6, 6.07) is 9.16. The summed E-state index contributed by atoms with van der Waals surface area (Å²) in [6.07, 6.45) is 3.49. The fourth-order valence-corrected chi connectivity index (χ4v) is 3.52. The van der Waals surface area contributed by atoms with Crippen LogP contribution in [0.3, 0.4) is 0 Å². The maximum absolute atomic E-state index is 12.7. The number of carbonyl (C=O) groups is 1. The van der Waals surface area contributed by atoms with Crippen molar-refractivity contribution in [3.8, 4) is 0 Å². The van der Waals surface area contributed by atoms with Crippen molar-refractivity contribution in [2.24, 2.45) is 5.92 Å². The van der Waals surface area contributed by atoms with Crippen molar-refractivity contribution in [1.82, 2.24) is 4.90 Å². The maximum atomic E-state index is 12.7. The zero-order valence-corrected chi connectivity index (χ0v) is 16.1. The summed E-state index contributed by atoms with van der Waals surface area (Å²) in [6.45, 7) is 10.7. The van der Waals surface area contributed by atoms with Gasteiger partial charge in [0.2, 0.25) is 0 Å². The molecule has 0 radical (unpaired) electrons. The number of benzene rings is 1. The Morgan fingerprint density at radius 3 is 2.56 bits per heavy atom. The van der Waals surface area contributed by atoms with Gasteiger partial charge >= 0.3 is 5.97 Å². The van der Waals surface area contributed by atoms with E-state index in [2.05, 4.69) is 32.6 Å². The molecule has 0 amide bonds. The molecule has 140 valence electrons. The molecule has 0 aromatic heterocycles. The fourth-order valence-electron chi connectivity index (χ4n) is 3.52. The minimum Gasteiger partial charge on any atom is -0.462 e. The third kappa shape index (κ3) is 5.05.